The maximum Gasteiger partial charge on any atom is 0.343 e. The van der Waals surface area contributed by atoms with Crippen molar-refractivity contribution in [2.75, 3.05) is 0 Å². The van der Waals surface area contributed by atoms with Crippen LogP contribution in [0.2, 0.25) is 0 Å². The van der Waals surface area contributed by atoms with Gasteiger partial charge in [0.2, 0.25) is 0 Å². The Hall–Kier alpha value is -2.61. The van der Waals surface area contributed by atoms with Crippen molar-refractivity contribution in [3.05, 3.63) is 70.3 Å². The van der Waals surface area contributed by atoms with Gasteiger partial charge in [-0.2, -0.15) is 0 Å². The van der Waals surface area contributed by atoms with Gasteiger partial charge in [-0.1, -0.05) is 36.4 Å². The van der Waals surface area contributed by atoms with E-state index in [0.717, 1.165) is 21.5 Å². The maximum absolute atomic E-state index is 12.1. The summed E-state index contributed by atoms with van der Waals surface area (Å²) < 4.78 is 5.35. The second-order valence-electron chi connectivity index (χ2n) is 5.51. The van der Waals surface area contributed by atoms with E-state index in [1.807, 2.05) is 24.3 Å². The third-order valence-corrected chi connectivity index (χ3v) is 4.36. The van der Waals surface area contributed by atoms with Gasteiger partial charge < -0.3 is 4.42 Å². The van der Waals surface area contributed by atoms with Gasteiger partial charge in [-0.25, -0.2) is 4.79 Å². The second-order valence-corrected chi connectivity index (χ2v) is 5.51. The Labute approximate surface area is 121 Å². The van der Waals surface area contributed by atoms with Crippen LogP contribution in [-0.4, -0.2) is 0 Å². The van der Waals surface area contributed by atoms with Gasteiger partial charge in [0, 0.05) is 5.39 Å². The van der Waals surface area contributed by atoms with Gasteiger partial charge in [0.25, 0.3) is 0 Å². The predicted molar refractivity (Wildman–Crippen MR) is 87.0 cm³/mol. The zero-order valence-electron chi connectivity index (χ0n) is 11.9. The SMILES string of the molecule is Cc1cc2c(ccc3c4ccccc4c(=O)occ23)c1C. The van der Waals surface area contributed by atoms with Crippen LogP contribution in [-0.2, 0) is 0 Å². The summed E-state index contributed by atoms with van der Waals surface area (Å²) in [5.41, 5.74) is 2.25. The van der Waals surface area contributed by atoms with Gasteiger partial charge in [0.15, 0.2) is 0 Å². The molecule has 0 N–H and O–H groups in total. The van der Waals surface area contributed by atoms with Crippen LogP contribution in [0.15, 0.2) is 57.9 Å². The Morgan fingerprint density at radius 1 is 0.762 bits per heavy atom. The lowest BCUT2D eigenvalue weighted by Crippen LogP contribution is -1.93. The molecule has 0 radical (unpaired) electrons. The number of fused-ring (bicyclic) bond motifs is 5. The molecule has 1 aromatic heterocycles. The van der Waals surface area contributed by atoms with E-state index in [9.17, 15) is 4.79 Å². The first-order valence-electron chi connectivity index (χ1n) is 7.00. The molecule has 2 nitrogen and oxygen atoms in total. The fraction of sp³-hybridized carbons (Fsp3) is 0.105. The van der Waals surface area contributed by atoms with E-state index in [1.54, 1.807) is 6.26 Å². The molecule has 21 heavy (non-hydrogen) atoms. The van der Waals surface area contributed by atoms with Crippen LogP contribution >= 0.6 is 0 Å². The van der Waals surface area contributed by atoms with Gasteiger partial charge in [0.1, 0.15) is 6.26 Å². The van der Waals surface area contributed by atoms with Crippen molar-refractivity contribution in [1.29, 1.82) is 0 Å². The van der Waals surface area contributed by atoms with Crippen LogP contribution in [0.4, 0.5) is 0 Å². The Morgan fingerprint density at radius 2 is 1.43 bits per heavy atom. The zero-order chi connectivity index (χ0) is 14.6. The lowest BCUT2D eigenvalue weighted by molar-refractivity contribution is 0.527. The highest BCUT2D eigenvalue weighted by molar-refractivity contribution is 6.16. The molecule has 0 aliphatic heterocycles. The largest absolute Gasteiger partial charge is 0.430 e. The van der Waals surface area contributed by atoms with Gasteiger partial charge in [-0.15, -0.1) is 0 Å². The van der Waals surface area contributed by atoms with E-state index < -0.39 is 0 Å². The van der Waals surface area contributed by atoms with E-state index >= 15 is 0 Å². The van der Waals surface area contributed by atoms with Crippen LogP contribution < -0.4 is 5.63 Å². The summed E-state index contributed by atoms with van der Waals surface area (Å²) in [6.45, 7) is 4.24. The molecule has 0 aliphatic rings. The molecular formula is C19H14O2. The fourth-order valence-electron chi connectivity index (χ4n) is 3.09. The van der Waals surface area contributed by atoms with Gasteiger partial charge in [0.05, 0.1) is 5.39 Å². The van der Waals surface area contributed by atoms with Crippen LogP contribution in [0.3, 0.4) is 0 Å². The Morgan fingerprint density at radius 3 is 2.24 bits per heavy atom. The van der Waals surface area contributed by atoms with Crippen molar-refractivity contribution in [3.8, 4) is 0 Å². The quantitative estimate of drug-likeness (QED) is 0.464. The minimum atomic E-state index is -0.296. The number of benzene rings is 2. The third-order valence-electron chi connectivity index (χ3n) is 4.36. The molecule has 0 saturated carbocycles. The number of hydrogen-bond acceptors (Lipinski definition) is 2. The highest BCUT2D eigenvalue weighted by Gasteiger charge is 2.10. The summed E-state index contributed by atoms with van der Waals surface area (Å²) in [6, 6.07) is 14.0. The summed E-state index contributed by atoms with van der Waals surface area (Å²) in [4.78, 5) is 12.1. The molecule has 2 heteroatoms. The van der Waals surface area contributed by atoms with E-state index in [1.165, 1.54) is 16.5 Å². The average Bonchev–Trinajstić information content (AvgIpc) is 2.71. The van der Waals surface area contributed by atoms with Crippen LogP contribution in [0.5, 0.6) is 0 Å². The summed E-state index contributed by atoms with van der Waals surface area (Å²) >= 11 is 0. The highest BCUT2D eigenvalue weighted by Crippen LogP contribution is 2.33. The molecule has 1 heterocycles. The van der Waals surface area contributed by atoms with Crippen molar-refractivity contribution in [1.82, 2.24) is 0 Å². The Bertz CT molecular complexity index is 1070. The molecule has 0 amide bonds. The van der Waals surface area contributed by atoms with Crippen LogP contribution in [0, 0.1) is 13.8 Å². The predicted octanol–water partition coefficient (Wildman–Crippen LogP) is 4.72. The topological polar surface area (TPSA) is 30.2 Å². The lowest BCUT2D eigenvalue weighted by atomic mass is 10.0. The molecule has 0 aliphatic carbocycles. The molecule has 0 unspecified atom stereocenters. The molecule has 4 rings (SSSR count). The standard InChI is InChI=1S/C19H14O2/c1-11-9-17-13(12(11)2)7-8-15-14-5-3-4-6-16(14)19(20)21-10-18(15)17/h3-10H,1-2H3. The maximum atomic E-state index is 12.1. The monoisotopic (exact) mass is 274 g/mol. The molecule has 3 aromatic carbocycles. The fourth-order valence-corrected chi connectivity index (χ4v) is 3.09. The van der Waals surface area contributed by atoms with Crippen LogP contribution in [0.1, 0.15) is 11.1 Å². The third kappa shape index (κ3) is 1.62. The molecule has 0 saturated heterocycles. The molecule has 4 aromatic rings. The zero-order valence-corrected chi connectivity index (χ0v) is 11.9. The molecule has 0 atom stereocenters. The molecular weight excluding hydrogens is 260 g/mol. The Kier molecular flexibility index (Phi) is 2.43. The summed E-state index contributed by atoms with van der Waals surface area (Å²) in [5, 5.41) is 5.96. The molecule has 0 spiro atoms. The Balaban J connectivity index is 2.38. The number of rotatable bonds is 0. The summed E-state index contributed by atoms with van der Waals surface area (Å²) in [7, 11) is 0. The highest BCUT2D eigenvalue weighted by atomic mass is 16.4. The van der Waals surface area contributed by atoms with Crippen molar-refractivity contribution in [3.63, 3.8) is 0 Å². The van der Waals surface area contributed by atoms with Crippen molar-refractivity contribution >= 4 is 32.3 Å². The van der Waals surface area contributed by atoms with E-state index in [2.05, 4.69) is 32.0 Å². The molecule has 0 fully saturated rings. The first-order valence-corrected chi connectivity index (χ1v) is 7.00. The molecule has 0 bridgehead atoms. The minimum Gasteiger partial charge on any atom is -0.430 e. The van der Waals surface area contributed by atoms with E-state index in [-0.39, 0.29) is 5.63 Å². The van der Waals surface area contributed by atoms with Gasteiger partial charge in [-0.3, -0.25) is 0 Å². The normalized spacial score (nSPS) is 11.5. The van der Waals surface area contributed by atoms with Crippen LogP contribution in [0.25, 0.3) is 32.3 Å². The average molecular weight is 274 g/mol. The molecule has 102 valence electrons. The number of aryl methyl sites for hydroxylation is 2. The summed E-state index contributed by atoms with van der Waals surface area (Å²) in [5.74, 6) is 0. The van der Waals surface area contributed by atoms with Crippen molar-refractivity contribution < 1.29 is 4.42 Å². The van der Waals surface area contributed by atoms with Gasteiger partial charge in [-0.05, 0) is 52.6 Å². The second kappa shape index (κ2) is 4.19. The van der Waals surface area contributed by atoms with E-state index in [4.69, 9.17) is 4.42 Å². The first-order chi connectivity index (χ1) is 10.2. The van der Waals surface area contributed by atoms with Crippen molar-refractivity contribution in [2.45, 2.75) is 13.8 Å². The first kappa shape index (κ1) is 12.2. The van der Waals surface area contributed by atoms with E-state index in [0.29, 0.717) is 5.39 Å². The summed E-state index contributed by atoms with van der Waals surface area (Å²) in [6.07, 6.45) is 1.60. The minimum absolute atomic E-state index is 0.296. The lowest BCUT2D eigenvalue weighted by Gasteiger charge is -1.99. The van der Waals surface area contributed by atoms with Crippen molar-refractivity contribution in [2.24, 2.45) is 0 Å². The number of hydrogen-bond donors (Lipinski definition) is 0. The van der Waals surface area contributed by atoms with Gasteiger partial charge >= 0.3 is 5.63 Å². The smallest absolute Gasteiger partial charge is 0.343 e.